The molecule has 3 rings (SSSR count). The lowest BCUT2D eigenvalue weighted by Gasteiger charge is -2.22. The fourth-order valence-electron chi connectivity index (χ4n) is 3.60. The third-order valence-electron chi connectivity index (χ3n) is 5.28. The van der Waals surface area contributed by atoms with Gasteiger partial charge in [-0.25, -0.2) is 18.4 Å². The van der Waals surface area contributed by atoms with Crippen molar-refractivity contribution < 1.29 is 28.0 Å². The topological polar surface area (TPSA) is 108 Å². The van der Waals surface area contributed by atoms with Crippen LogP contribution in [0.2, 0.25) is 0 Å². The average Bonchev–Trinajstić information content (AvgIpc) is 3.23. The van der Waals surface area contributed by atoms with Gasteiger partial charge < -0.3 is 10.6 Å². The van der Waals surface area contributed by atoms with Crippen LogP contribution in [-0.2, 0) is 15.1 Å². The summed E-state index contributed by atoms with van der Waals surface area (Å²) in [6.07, 6.45) is 3.52. The van der Waals surface area contributed by atoms with Crippen LogP contribution in [-0.4, -0.2) is 41.4 Å². The highest BCUT2D eigenvalue weighted by Crippen LogP contribution is 2.29. The molecule has 29 heavy (non-hydrogen) atoms. The number of halogens is 2. The van der Waals surface area contributed by atoms with Gasteiger partial charge in [-0.2, -0.15) is 0 Å². The summed E-state index contributed by atoms with van der Waals surface area (Å²) in [4.78, 5) is 49.5. The first kappa shape index (κ1) is 20.7. The molecule has 1 aromatic rings. The number of hydrogen-bond acceptors (Lipinski definition) is 4. The number of urea groups is 2. The molecule has 8 nitrogen and oxygen atoms in total. The number of carbonyl (C=O) groups is 4. The molecule has 2 fully saturated rings. The monoisotopic (exact) mass is 408 g/mol. The molecule has 2 aliphatic rings. The number of hydrogen-bond donors (Lipinski definition) is 3. The van der Waals surface area contributed by atoms with Gasteiger partial charge in [-0.15, -0.1) is 0 Å². The Kier molecular flexibility index (Phi) is 5.81. The summed E-state index contributed by atoms with van der Waals surface area (Å²) in [5.41, 5.74) is -1.50. The van der Waals surface area contributed by atoms with E-state index in [0.29, 0.717) is 0 Å². The number of nitrogens with one attached hydrogen (secondary N) is 3. The lowest BCUT2D eigenvalue weighted by atomic mass is 9.92. The zero-order valence-electron chi connectivity index (χ0n) is 15.9. The van der Waals surface area contributed by atoms with E-state index in [1.54, 1.807) is 0 Å². The maximum Gasteiger partial charge on any atom is 0.325 e. The first-order valence-electron chi connectivity index (χ1n) is 9.40. The lowest BCUT2D eigenvalue weighted by Crippen LogP contribution is -2.45. The molecule has 1 unspecified atom stereocenters. The van der Waals surface area contributed by atoms with Crippen LogP contribution in [0.4, 0.5) is 18.4 Å². The summed E-state index contributed by atoms with van der Waals surface area (Å²) in [6, 6.07) is 1.60. The van der Waals surface area contributed by atoms with Crippen LogP contribution < -0.4 is 16.0 Å². The van der Waals surface area contributed by atoms with E-state index in [2.05, 4.69) is 16.0 Å². The van der Waals surface area contributed by atoms with Crippen molar-refractivity contribution in [1.29, 1.82) is 0 Å². The maximum absolute atomic E-state index is 13.5. The third-order valence-corrected chi connectivity index (χ3v) is 5.28. The summed E-state index contributed by atoms with van der Waals surface area (Å²) in [7, 11) is 0. The molecule has 0 aromatic heterocycles. The number of amides is 6. The Hall–Kier alpha value is -3.04. The maximum atomic E-state index is 13.5. The number of imide groups is 2. The first-order chi connectivity index (χ1) is 13.7. The second-order valence-corrected chi connectivity index (χ2v) is 7.39. The molecular weight excluding hydrogens is 386 g/mol. The van der Waals surface area contributed by atoms with Crippen molar-refractivity contribution in [2.45, 2.75) is 50.6 Å². The van der Waals surface area contributed by atoms with Crippen molar-refractivity contribution in [3.05, 3.63) is 35.4 Å². The van der Waals surface area contributed by atoms with Crippen LogP contribution >= 0.6 is 0 Å². The van der Waals surface area contributed by atoms with E-state index in [1.807, 2.05) is 0 Å². The molecule has 156 valence electrons. The van der Waals surface area contributed by atoms with E-state index in [-0.39, 0.29) is 24.6 Å². The highest BCUT2D eigenvalue weighted by Gasteiger charge is 2.49. The molecule has 1 saturated heterocycles. The van der Waals surface area contributed by atoms with E-state index in [1.165, 1.54) is 13.0 Å². The van der Waals surface area contributed by atoms with Crippen molar-refractivity contribution in [2.75, 3.05) is 6.54 Å². The van der Waals surface area contributed by atoms with Crippen LogP contribution in [0, 0.1) is 11.6 Å². The van der Waals surface area contributed by atoms with Crippen molar-refractivity contribution in [1.82, 2.24) is 20.9 Å². The average molecular weight is 408 g/mol. The molecule has 1 aromatic carbocycles. The van der Waals surface area contributed by atoms with Gasteiger partial charge in [0.05, 0.1) is 0 Å². The van der Waals surface area contributed by atoms with Crippen LogP contribution in [0.5, 0.6) is 0 Å². The Bertz CT molecular complexity index is 857. The molecule has 1 aliphatic carbocycles. The number of benzene rings is 1. The zero-order chi connectivity index (χ0) is 21.2. The minimum atomic E-state index is -1.58. The first-order valence-corrected chi connectivity index (χ1v) is 9.40. The molecule has 1 saturated carbocycles. The molecule has 6 amide bonds. The number of rotatable bonds is 5. The molecule has 1 aliphatic heterocycles. The van der Waals surface area contributed by atoms with E-state index in [9.17, 15) is 28.0 Å². The van der Waals surface area contributed by atoms with Crippen molar-refractivity contribution >= 4 is 23.9 Å². The fraction of sp³-hybridized carbons (Fsp3) is 0.474. The van der Waals surface area contributed by atoms with Gasteiger partial charge in [-0.3, -0.25) is 19.8 Å². The van der Waals surface area contributed by atoms with E-state index in [0.717, 1.165) is 42.7 Å². The normalized spacial score (nSPS) is 22.0. The predicted molar refractivity (Wildman–Crippen MR) is 97.5 cm³/mol. The van der Waals surface area contributed by atoms with Crippen LogP contribution in [0.15, 0.2) is 18.2 Å². The number of nitrogens with zero attached hydrogens (tertiary/aromatic N) is 1. The quantitative estimate of drug-likeness (QED) is 0.647. The molecule has 1 heterocycles. The molecule has 0 radical (unpaired) electrons. The van der Waals surface area contributed by atoms with Gasteiger partial charge in [0.1, 0.15) is 5.54 Å². The smallest absolute Gasteiger partial charge is 0.325 e. The Morgan fingerprint density at radius 1 is 1.21 bits per heavy atom. The Balaban J connectivity index is 1.57. The molecule has 0 bridgehead atoms. The molecule has 1 atom stereocenters. The minimum absolute atomic E-state index is 0.0468. The molecule has 3 N–H and O–H groups in total. The Labute approximate surface area is 166 Å². The van der Waals surface area contributed by atoms with Gasteiger partial charge in [-0.05, 0) is 37.5 Å². The molecule has 0 spiro atoms. The summed E-state index contributed by atoms with van der Waals surface area (Å²) in [5.74, 6) is -3.55. The van der Waals surface area contributed by atoms with E-state index < -0.39 is 41.0 Å². The fourth-order valence-corrected chi connectivity index (χ4v) is 3.60. The highest BCUT2D eigenvalue weighted by atomic mass is 19.2. The van der Waals surface area contributed by atoms with Crippen LogP contribution in [0.25, 0.3) is 0 Å². The van der Waals surface area contributed by atoms with E-state index >= 15 is 0 Å². The summed E-state index contributed by atoms with van der Waals surface area (Å²) < 4.78 is 26.7. The predicted octanol–water partition coefficient (Wildman–Crippen LogP) is 1.89. The summed E-state index contributed by atoms with van der Waals surface area (Å²) in [6.45, 7) is 1.11. The minimum Gasteiger partial charge on any atom is -0.335 e. The third kappa shape index (κ3) is 4.36. The second kappa shape index (κ2) is 8.14. The van der Waals surface area contributed by atoms with Crippen molar-refractivity contribution in [3.63, 3.8) is 0 Å². The largest absolute Gasteiger partial charge is 0.335 e. The second-order valence-electron chi connectivity index (χ2n) is 7.39. The van der Waals surface area contributed by atoms with Crippen molar-refractivity contribution in [3.8, 4) is 0 Å². The summed E-state index contributed by atoms with van der Waals surface area (Å²) >= 11 is 0. The summed E-state index contributed by atoms with van der Waals surface area (Å²) in [5, 5.41) is 7.32. The lowest BCUT2D eigenvalue weighted by molar-refractivity contribution is -0.131. The van der Waals surface area contributed by atoms with Gasteiger partial charge in [0, 0.05) is 19.0 Å². The van der Waals surface area contributed by atoms with Gasteiger partial charge in [0.25, 0.3) is 5.91 Å². The van der Waals surface area contributed by atoms with E-state index in [4.69, 9.17) is 0 Å². The standard InChI is InChI=1S/C19H22F2N4O4/c1-19(11-6-7-13(20)14(21)10-11)16(27)25(18(29)24-19)9-8-15(26)23-17(28)22-12-4-2-3-5-12/h6-7,10,12H,2-5,8-9H2,1H3,(H,24,29)(H2,22,23,26,28). The van der Waals surface area contributed by atoms with Crippen molar-refractivity contribution in [2.24, 2.45) is 0 Å². The highest BCUT2D eigenvalue weighted by molar-refractivity contribution is 6.07. The zero-order valence-corrected chi connectivity index (χ0v) is 15.9. The van der Waals surface area contributed by atoms with Gasteiger partial charge in [-0.1, -0.05) is 18.9 Å². The van der Waals surface area contributed by atoms with Gasteiger partial charge in [0.15, 0.2) is 11.6 Å². The van der Waals surface area contributed by atoms with Crippen LogP contribution in [0.3, 0.4) is 0 Å². The SMILES string of the molecule is CC1(c2ccc(F)c(F)c2)NC(=O)N(CCC(=O)NC(=O)NC2CCCC2)C1=O. The number of carbonyl (C=O) groups excluding carboxylic acids is 4. The van der Waals surface area contributed by atoms with Crippen LogP contribution in [0.1, 0.15) is 44.6 Å². The Morgan fingerprint density at radius 3 is 2.55 bits per heavy atom. The Morgan fingerprint density at radius 2 is 1.90 bits per heavy atom. The van der Waals surface area contributed by atoms with Gasteiger partial charge >= 0.3 is 12.1 Å². The molecular formula is C19H22F2N4O4. The van der Waals surface area contributed by atoms with Gasteiger partial charge in [0.2, 0.25) is 5.91 Å². The molecule has 10 heteroatoms.